The molecule has 1 spiro atoms. The van der Waals surface area contributed by atoms with Gasteiger partial charge in [-0.25, -0.2) is 14.8 Å². The maximum Gasteiger partial charge on any atom is 0.490 e. The molecule has 0 amide bonds. The van der Waals surface area contributed by atoms with E-state index in [1.54, 1.807) is 6.07 Å². The van der Waals surface area contributed by atoms with Gasteiger partial charge in [0.2, 0.25) is 5.95 Å². The molecule has 2 atom stereocenters. The molecule has 18 heteroatoms. The summed E-state index contributed by atoms with van der Waals surface area (Å²) in [5.74, 6) is -2.67. The Kier molecular flexibility index (Phi) is 8.52. The zero-order valence-electron chi connectivity index (χ0n) is 21.2. The molecule has 8 nitrogen and oxygen atoms in total. The lowest BCUT2D eigenvalue weighted by Gasteiger charge is -2.41. The molecule has 0 radical (unpaired) electrons. The molecule has 3 aliphatic heterocycles. The first-order valence-corrected chi connectivity index (χ1v) is 12.6. The van der Waals surface area contributed by atoms with Gasteiger partial charge < -0.3 is 19.8 Å². The standard InChI is InChI=1S/C22H21ClF6N4O2.C2HF3O2/c23-13-1-2-16-12(7-13)9-20(35-16)3-5-32(6-4-20)14-10-33(11-15(14)34)19-30-17(21(24,25)26)8-18(31-19)22(27,28)29;3-2(4,5)1(6)7/h1-2,7-8,14-15,34H,3-6,9-11H2;(H,6,7)/t14?,15-;/m1./s1. The predicted molar refractivity (Wildman–Crippen MR) is 127 cm³/mol. The van der Waals surface area contributed by atoms with Crippen molar-refractivity contribution in [2.45, 2.75) is 55.5 Å². The minimum Gasteiger partial charge on any atom is -0.487 e. The number of aromatic nitrogens is 2. The first-order chi connectivity index (χ1) is 19.3. The van der Waals surface area contributed by atoms with Gasteiger partial charge in [-0.2, -0.15) is 39.5 Å². The van der Waals surface area contributed by atoms with E-state index < -0.39 is 59.6 Å². The van der Waals surface area contributed by atoms with Gasteiger partial charge in [0.15, 0.2) is 11.4 Å². The smallest absolute Gasteiger partial charge is 0.487 e. The van der Waals surface area contributed by atoms with Gasteiger partial charge in [-0.1, -0.05) is 11.6 Å². The summed E-state index contributed by atoms with van der Waals surface area (Å²) in [6.07, 6.45) is -14.2. The number of fused-ring (bicyclic) bond motifs is 1. The summed E-state index contributed by atoms with van der Waals surface area (Å²) in [5, 5.41) is 18.4. The second kappa shape index (κ2) is 11.2. The number of benzene rings is 1. The molecule has 1 aromatic carbocycles. The number of rotatable bonds is 2. The number of alkyl halides is 9. The van der Waals surface area contributed by atoms with E-state index in [9.17, 15) is 44.6 Å². The summed E-state index contributed by atoms with van der Waals surface area (Å²) in [6, 6.07) is 4.88. The summed E-state index contributed by atoms with van der Waals surface area (Å²) in [4.78, 5) is 18.7. The second-order valence-corrected chi connectivity index (χ2v) is 10.5. The number of ether oxygens (including phenoxy) is 1. The Labute approximate surface area is 236 Å². The number of β-amino-alcohol motifs (C(OH)–C–C–N with tert-alkyl or cyclic N) is 1. The number of aliphatic hydroxyl groups excluding tert-OH is 1. The molecule has 2 aromatic rings. The van der Waals surface area contributed by atoms with Crippen molar-refractivity contribution < 1.29 is 59.3 Å². The SMILES string of the molecule is O=C(O)C(F)(F)F.O[C@@H]1CN(c2nc(C(F)(F)F)cc(C(F)(F)F)n2)CC1N1CCC2(CC1)Cc1cc(Cl)ccc1O2. The van der Waals surface area contributed by atoms with E-state index in [1.807, 2.05) is 17.0 Å². The Balaban J connectivity index is 0.000000517. The Morgan fingerprint density at radius 3 is 2.00 bits per heavy atom. The van der Waals surface area contributed by atoms with Gasteiger partial charge in [0, 0.05) is 50.5 Å². The maximum absolute atomic E-state index is 13.2. The van der Waals surface area contributed by atoms with Crippen LogP contribution in [0.1, 0.15) is 29.8 Å². The fourth-order valence-electron chi connectivity index (χ4n) is 5.10. The number of piperidine rings is 1. The van der Waals surface area contributed by atoms with E-state index in [-0.39, 0.29) is 19.2 Å². The maximum atomic E-state index is 13.2. The number of halogens is 10. The highest BCUT2D eigenvalue weighted by atomic mass is 35.5. The summed E-state index contributed by atoms with van der Waals surface area (Å²) in [5.41, 5.74) is -2.71. The fourth-order valence-corrected chi connectivity index (χ4v) is 5.30. The molecular formula is C24H22ClF9N4O4. The highest BCUT2D eigenvalue weighted by molar-refractivity contribution is 6.30. The number of likely N-dealkylation sites (tertiary alicyclic amines) is 1. The summed E-state index contributed by atoms with van der Waals surface area (Å²) >= 11 is 6.08. The number of hydrogen-bond acceptors (Lipinski definition) is 7. The highest BCUT2D eigenvalue weighted by Crippen LogP contribution is 2.43. The van der Waals surface area contributed by atoms with Crippen molar-refractivity contribution in [1.29, 1.82) is 0 Å². The van der Waals surface area contributed by atoms with Crippen LogP contribution in [0.25, 0.3) is 0 Å². The quantitative estimate of drug-likeness (QED) is 0.453. The average molecular weight is 637 g/mol. The number of anilines is 1. The van der Waals surface area contributed by atoms with Crippen LogP contribution in [0.4, 0.5) is 45.5 Å². The molecule has 0 saturated carbocycles. The van der Waals surface area contributed by atoms with Gasteiger partial charge in [0.05, 0.1) is 12.1 Å². The third kappa shape index (κ3) is 7.11. The third-order valence-electron chi connectivity index (χ3n) is 7.12. The van der Waals surface area contributed by atoms with Crippen LogP contribution in [0.3, 0.4) is 0 Å². The molecule has 0 aliphatic carbocycles. The van der Waals surface area contributed by atoms with Crippen LogP contribution in [0, 0.1) is 0 Å². The molecule has 232 valence electrons. The van der Waals surface area contributed by atoms with Crippen molar-refractivity contribution in [2.75, 3.05) is 31.1 Å². The molecule has 5 rings (SSSR count). The van der Waals surface area contributed by atoms with E-state index in [0.29, 0.717) is 37.4 Å². The Hall–Kier alpha value is -3.05. The molecule has 3 aliphatic rings. The molecule has 2 fully saturated rings. The Morgan fingerprint density at radius 2 is 1.50 bits per heavy atom. The summed E-state index contributed by atoms with van der Waals surface area (Å²) in [6.45, 7) is 0.928. The van der Waals surface area contributed by atoms with Crippen molar-refractivity contribution in [1.82, 2.24) is 14.9 Å². The molecule has 2 N–H and O–H groups in total. The molecule has 2 saturated heterocycles. The van der Waals surface area contributed by atoms with E-state index in [1.165, 1.54) is 4.90 Å². The Bertz CT molecular complexity index is 1280. The fraction of sp³-hybridized carbons (Fsp3) is 0.542. The minimum absolute atomic E-state index is 0.00344. The first kappa shape index (κ1) is 31.9. The zero-order chi connectivity index (χ0) is 31.3. The zero-order valence-corrected chi connectivity index (χ0v) is 21.9. The lowest BCUT2D eigenvalue weighted by molar-refractivity contribution is -0.192. The van der Waals surface area contributed by atoms with Crippen LogP contribution in [0.15, 0.2) is 24.3 Å². The molecule has 0 bridgehead atoms. The van der Waals surface area contributed by atoms with Crippen LogP contribution < -0.4 is 9.64 Å². The molecule has 1 aromatic heterocycles. The Morgan fingerprint density at radius 1 is 0.952 bits per heavy atom. The van der Waals surface area contributed by atoms with Gasteiger partial charge >= 0.3 is 24.5 Å². The van der Waals surface area contributed by atoms with Crippen molar-refractivity contribution in [3.8, 4) is 5.75 Å². The number of hydrogen-bond donors (Lipinski definition) is 2. The van der Waals surface area contributed by atoms with Crippen LogP contribution in [-0.4, -0.2) is 81.2 Å². The van der Waals surface area contributed by atoms with Gasteiger partial charge in [0.25, 0.3) is 0 Å². The van der Waals surface area contributed by atoms with Crippen molar-refractivity contribution >= 4 is 23.5 Å². The lowest BCUT2D eigenvalue weighted by atomic mass is 9.86. The number of carbonyl (C=O) groups is 1. The highest BCUT2D eigenvalue weighted by Gasteiger charge is 2.47. The van der Waals surface area contributed by atoms with Crippen molar-refractivity contribution in [3.05, 3.63) is 46.2 Å². The predicted octanol–water partition coefficient (Wildman–Crippen LogP) is 4.82. The summed E-state index contributed by atoms with van der Waals surface area (Å²) in [7, 11) is 0. The van der Waals surface area contributed by atoms with Crippen molar-refractivity contribution in [2.24, 2.45) is 0 Å². The van der Waals surface area contributed by atoms with E-state index in [2.05, 4.69) is 9.97 Å². The number of aliphatic hydroxyl groups is 1. The van der Waals surface area contributed by atoms with Gasteiger partial charge in [0.1, 0.15) is 11.4 Å². The molecule has 1 unspecified atom stereocenters. The third-order valence-corrected chi connectivity index (χ3v) is 7.35. The van der Waals surface area contributed by atoms with E-state index >= 15 is 0 Å². The second-order valence-electron chi connectivity index (χ2n) is 10.0. The largest absolute Gasteiger partial charge is 0.490 e. The normalized spacial score (nSPS) is 22.4. The monoisotopic (exact) mass is 636 g/mol. The number of carboxylic acid groups (broad SMARTS) is 1. The van der Waals surface area contributed by atoms with Gasteiger partial charge in [-0.15, -0.1) is 0 Å². The van der Waals surface area contributed by atoms with Crippen LogP contribution in [0.5, 0.6) is 5.75 Å². The van der Waals surface area contributed by atoms with E-state index in [4.69, 9.17) is 26.2 Å². The minimum atomic E-state index is -5.08. The van der Waals surface area contributed by atoms with Crippen LogP contribution in [-0.2, 0) is 23.6 Å². The molecule has 4 heterocycles. The summed E-state index contributed by atoms with van der Waals surface area (Å²) < 4.78 is 117. The molecule has 42 heavy (non-hydrogen) atoms. The number of nitrogens with zero attached hydrogens (tertiary/aromatic N) is 4. The van der Waals surface area contributed by atoms with Crippen LogP contribution >= 0.6 is 11.6 Å². The number of aliphatic carboxylic acids is 1. The van der Waals surface area contributed by atoms with Gasteiger partial charge in [-0.05, 0) is 29.8 Å². The average Bonchev–Trinajstić information content (AvgIpc) is 3.43. The van der Waals surface area contributed by atoms with Crippen molar-refractivity contribution in [3.63, 3.8) is 0 Å². The van der Waals surface area contributed by atoms with Crippen LogP contribution in [0.2, 0.25) is 5.02 Å². The topological polar surface area (TPSA) is 99.0 Å². The van der Waals surface area contributed by atoms with Gasteiger partial charge in [-0.3, -0.25) is 4.90 Å². The molecular weight excluding hydrogens is 615 g/mol. The number of carboxylic acids is 1. The lowest BCUT2D eigenvalue weighted by Crippen LogP contribution is -2.53. The van der Waals surface area contributed by atoms with E-state index in [0.717, 1.165) is 11.3 Å². The first-order valence-electron chi connectivity index (χ1n) is 12.3.